The van der Waals surface area contributed by atoms with Crippen molar-refractivity contribution in [3.05, 3.63) is 59.7 Å². The summed E-state index contributed by atoms with van der Waals surface area (Å²) >= 11 is 0. The predicted octanol–water partition coefficient (Wildman–Crippen LogP) is 3.88. The molecule has 1 N–H and O–H groups in total. The Hall–Kier alpha value is -2.53. The first-order chi connectivity index (χ1) is 12.0. The molecule has 25 heavy (non-hydrogen) atoms. The Balaban J connectivity index is 2.00. The number of carboxylic acid groups (broad SMARTS) is 1. The van der Waals surface area contributed by atoms with Crippen LogP contribution in [-0.2, 0) is 16.1 Å². The zero-order valence-corrected chi connectivity index (χ0v) is 14.9. The molecule has 0 spiro atoms. The van der Waals surface area contributed by atoms with Gasteiger partial charge in [-0.05, 0) is 42.3 Å². The summed E-state index contributed by atoms with van der Waals surface area (Å²) in [5.41, 5.74) is 3.06. The van der Waals surface area contributed by atoms with E-state index < -0.39 is 12.1 Å². The SMILES string of the molecule is CCO[C@H](CC(=O)O)c1ccc(OCc2cccc(N(C)C)c2)cc1. The van der Waals surface area contributed by atoms with E-state index in [4.69, 9.17) is 14.6 Å². The highest BCUT2D eigenvalue weighted by molar-refractivity contribution is 5.67. The summed E-state index contributed by atoms with van der Waals surface area (Å²) in [5.74, 6) is -0.135. The number of ether oxygens (including phenoxy) is 2. The van der Waals surface area contributed by atoms with Gasteiger partial charge < -0.3 is 19.5 Å². The van der Waals surface area contributed by atoms with Gasteiger partial charge in [0.1, 0.15) is 12.4 Å². The Morgan fingerprint density at radius 2 is 1.88 bits per heavy atom. The first-order valence-electron chi connectivity index (χ1n) is 8.32. The van der Waals surface area contributed by atoms with Crippen LogP contribution in [0.5, 0.6) is 5.75 Å². The molecule has 0 saturated heterocycles. The predicted molar refractivity (Wildman–Crippen MR) is 98.2 cm³/mol. The Morgan fingerprint density at radius 3 is 2.48 bits per heavy atom. The third-order valence-electron chi connectivity index (χ3n) is 3.81. The maximum Gasteiger partial charge on any atom is 0.306 e. The van der Waals surface area contributed by atoms with Gasteiger partial charge in [-0.1, -0.05) is 24.3 Å². The van der Waals surface area contributed by atoms with Crippen LogP contribution in [0.3, 0.4) is 0 Å². The second-order valence-corrected chi connectivity index (χ2v) is 5.96. The fourth-order valence-corrected chi connectivity index (χ4v) is 2.50. The van der Waals surface area contributed by atoms with Crippen molar-refractivity contribution in [1.82, 2.24) is 0 Å². The van der Waals surface area contributed by atoms with Crippen molar-refractivity contribution in [3.63, 3.8) is 0 Å². The van der Waals surface area contributed by atoms with Crippen LogP contribution in [0.1, 0.15) is 30.6 Å². The minimum Gasteiger partial charge on any atom is -0.489 e. The van der Waals surface area contributed by atoms with Gasteiger partial charge in [-0.25, -0.2) is 0 Å². The molecule has 0 unspecified atom stereocenters. The molecule has 1 atom stereocenters. The zero-order valence-electron chi connectivity index (χ0n) is 14.9. The Morgan fingerprint density at radius 1 is 1.16 bits per heavy atom. The van der Waals surface area contributed by atoms with Crippen molar-refractivity contribution in [1.29, 1.82) is 0 Å². The lowest BCUT2D eigenvalue weighted by molar-refractivity contribution is -0.140. The maximum absolute atomic E-state index is 11.0. The number of benzene rings is 2. The molecule has 5 heteroatoms. The molecule has 2 rings (SSSR count). The molecule has 0 fully saturated rings. The van der Waals surface area contributed by atoms with Crippen LogP contribution in [0.25, 0.3) is 0 Å². The molecule has 0 aliphatic carbocycles. The molecule has 0 bridgehead atoms. The first-order valence-corrected chi connectivity index (χ1v) is 8.32. The summed E-state index contributed by atoms with van der Waals surface area (Å²) in [6.45, 7) is 2.80. The zero-order chi connectivity index (χ0) is 18.2. The number of nitrogens with zero attached hydrogens (tertiary/aromatic N) is 1. The van der Waals surface area contributed by atoms with E-state index in [2.05, 4.69) is 17.0 Å². The van der Waals surface area contributed by atoms with Gasteiger partial charge in [-0.2, -0.15) is 0 Å². The summed E-state index contributed by atoms with van der Waals surface area (Å²) < 4.78 is 11.3. The third-order valence-corrected chi connectivity index (χ3v) is 3.81. The molecule has 0 amide bonds. The van der Waals surface area contributed by atoms with Gasteiger partial charge in [0, 0.05) is 26.4 Å². The van der Waals surface area contributed by atoms with E-state index in [1.54, 1.807) is 0 Å². The van der Waals surface area contributed by atoms with Crippen molar-refractivity contribution in [3.8, 4) is 5.75 Å². The van der Waals surface area contributed by atoms with Gasteiger partial charge in [0.15, 0.2) is 0 Å². The third kappa shape index (κ3) is 5.80. The van der Waals surface area contributed by atoms with E-state index in [1.807, 2.05) is 57.4 Å². The van der Waals surface area contributed by atoms with Crippen molar-refractivity contribution < 1.29 is 19.4 Å². The van der Waals surface area contributed by atoms with E-state index in [9.17, 15) is 4.79 Å². The highest BCUT2D eigenvalue weighted by Crippen LogP contribution is 2.24. The number of hydrogen-bond donors (Lipinski definition) is 1. The van der Waals surface area contributed by atoms with Gasteiger partial charge in [-0.3, -0.25) is 4.79 Å². The molecule has 0 aliphatic rings. The number of rotatable bonds is 9. The lowest BCUT2D eigenvalue weighted by Crippen LogP contribution is -2.10. The van der Waals surface area contributed by atoms with Crippen LogP contribution in [0.2, 0.25) is 0 Å². The van der Waals surface area contributed by atoms with E-state index in [1.165, 1.54) is 0 Å². The molecule has 5 nitrogen and oxygen atoms in total. The van der Waals surface area contributed by atoms with Crippen LogP contribution in [0.15, 0.2) is 48.5 Å². The lowest BCUT2D eigenvalue weighted by atomic mass is 10.1. The minimum atomic E-state index is -0.875. The summed E-state index contributed by atoms with van der Waals surface area (Å²) in [6.07, 6.45) is -0.487. The molecule has 0 radical (unpaired) electrons. The Kier molecular flexibility index (Phi) is 6.83. The van der Waals surface area contributed by atoms with Gasteiger partial charge in [-0.15, -0.1) is 0 Å². The summed E-state index contributed by atoms with van der Waals surface area (Å²) in [7, 11) is 4.01. The Bertz CT molecular complexity index is 682. The van der Waals surface area contributed by atoms with Gasteiger partial charge >= 0.3 is 5.97 Å². The van der Waals surface area contributed by atoms with E-state index >= 15 is 0 Å². The fourth-order valence-electron chi connectivity index (χ4n) is 2.50. The van der Waals surface area contributed by atoms with E-state index in [-0.39, 0.29) is 6.42 Å². The number of hydrogen-bond acceptors (Lipinski definition) is 4. The molecular formula is C20H25NO4. The molecule has 2 aromatic rings. The molecular weight excluding hydrogens is 318 g/mol. The number of carbonyl (C=O) groups is 1. The van der Waals surface area contributed by atoms with Crippen molar-refractivity contribution in [2.24, 2.45) is 0 Å². The van der Waals surface area contributed by atoms with Crippen LogP contribution in [0.4, 0.5) is 5.69 Å². The second-order valence-electron chi connectivity index (χ2n) is 5.96. The van der Waals surface area contributed by atoms with Crippen molar-refractivity contribution in [2.45, 2.75) is 26.1 Å². The average Bonchev–Trinajstić information content (AvgIpc) is 2.60. The van der Waals surface area contributed by atoms with Crippen LogP contribution >= 0.6 is 0 Å². The molecule has 0 heterocycles. The second kappa shape index (κ2) is 9.08. The standard InChI is InChI=1S/C20H25NO4/c1-4-24-19(13-20(22)23)16-8-10-18(11-9-16)25-14-15-6-5-7-17(12-15)21(2)3/h5-12,19H,4,13-14H2,1-3H3,(H,22,23)/t19-/m1/s1. The van der Waals surface area contributed by atoms with Crippen molar-refractivity contribution >= 4 is 11.7 Å². The minimum absolute atomic E-state index is 0.0502. The molecule has 0 aliphatic heterocycles. The Labute approximate surface area is 148 Å². The van der Waals surface area contributed by atoms with Crippen LogP contribution in [0, 0.1) is 0 Å². The monoisotopic (exact) mass is 343 g/mol. The molecule has 2 aromatic carbocycles. The average molecular weight is 343 g/mol. The highest BCUT2D eigenvalue weighted by Gasteiger charge is 2.15. The number of carboxylic acids is 1. The largest absolute Gasteiger partial charge is 0.489 e. The maximum atomic E-state index is 11.0. The summed E-state index contributed by atoms with van der Waals surface area (Å²) in [4.78, 5) is 13.0. The van der Waals surface area contributed by atoms with Gasteiger partial charge in [0.2, 0.25) is 0 Å². The fraction of sp³-hybridized carbons (Fsp3) is 0.350. The molecule has 0 aromatic heterocycles. The summed E-state index contributed by atoms with van der Waals surface area (Å²) in [6, 6.07) is 15.6. The normalized spacial score (nSPS) is 11.8. The van der Waals surface area contributed by atoms with Crippen LogP contribution < -0.4 is 9.64 Å². The quantitative estimate of drug-likeness (QED) is 0.749. The van der Waals surface area contributed by atoms with Gasteiger partial charge in [0.25, 0.3) is 0 Å². The van der Waals surface area contributed by atoms with Crippen LogP contribution in [-0.4, -0.2) is 31.8 Å². The number of aliphatic carboxylic acids is 1. The lowest BCUT2D eigenvalue weighted by Gasteiger charge is -2.16. The van der Waals surface area contributed by atoms with Crippen molar-refractivity contribution in [2.75, 3.05) is 25.6 Å². The van der Waals surface area contributed by atoms with Gasteiger partial charge in [0.05, 0.1) is 12.5 Å². The topological polar surface area (TPSA) is 59.0 Å². The van der Waals surface area contributed by atoms with E-state index in [0.717, 1.165) is 22.6 Å². The smallest absolute Gasteiger partial charge is 0.306 e. The van der Waals surface area contributed by atoms with E-state index in [0.29, 0.717) is 13.2 Å². The molecule has 134 valence electrons. The highest BCUT2D eigenvalue weighted by atomic mass is 16.5. The summed E-state index contributed by atoms with van der Waals surface area (Å²) in [5, 5.41) is 8.99. The number of anilines is 1. The molecule has 0 saturated carbocycles. The first kappa shape index (κ1) is 18.8.